The van der Waals surface area contributed by atoms with Crippen molar-refractivity contribution in [3.63, 3.8) is 0 Å². The molecule has 32 heavy (non-hydrogen) atoms. The van der Waals surface area contributed by atoms with Crippen molar-refractivity contribution >= 4 is 18.0 Å². The van der Waals surface area contributed by atoms with Crippen LogP contribution in [0.15, 0.2) is 45.9 Å². The lowest BCUT2D eigenvalue weighted by Crippen LogP contribution is -2.30. The summed E-state index contributed by atoms with van der Waals surface area (Å²) in [5.41, 5.74) is 2.79. The summed E-state index contributed by atoms with van der Waals surface area (Å²) < 4.78 is 10.7. The second-order valence-corrected chi connectivity index (χ2v) is 7.82. The van der Waals surface area contributed by atoms with Gasteiger partial charge in [0.1, 0.15) is 10.7 Å². The number of carbonyl (C=O) groups excluding carboxylic acids is 1. The highest BCUT2D eigenvalue weighted by atomic mass is 16.6. The Labute approximate surface area is 187 Å². The molecule has 1 aromatic heterocycles. The van der Waals surface area contributed by atoms with Crippen molar-refractivity contribution < 1.29 is 18.9 Å². The smallest absolute Gasteiger partial charge is 0.433 e. The number of hydrogen-bond donors (Lipinski definition) is 1. The van der Waals surface area contributed by atoms with Gasteiger partial charge in [-0.25, -0.2) is 5.43 Å². The quantitative estimate of drug-likeness (QED) is 0.226. The second kappa shape index (κ2) is 12.6. The Balaban J connectivity index is 1.29. The van der Waals surface area contributed by atoms with E-state index in [1.807, 2.05) is 0 Å². The predicted octanol–water partition coefficient (Wildman–Crippen LogP) is 4.38. The molecule has 0 saturated carbocycles. The number of nitrogens with one attached hydrogen (secondary N) is 1. The van der Waals surface area contributed by atoms with Crippen LogP contribution in [0.25, 0.3) is 0 Å². The van der Waals surface area contributed by atoms with E-state index in [2.05, 4.69) is 15.4 Å². The fraction of sp³-hybridized carbons (Fsp3) is 0.478. The van der Waals surface area contributed by atoms with E-state index in [0.717, 1.165) is 18.6 Å². The minimum Gasteiger partial charge on any atom is -0.494 e. The number of unbranched alkanes of at least 4 members (excludes halogenated alkanes) is 3. The normalized spacial score (nSPS) is 14.5. The molecule has 1 aliphatic rings. The van der Waals surface area contributed by atoms with Crippen LogP contribution < -0.4 is 10.2 Å². The lowest BCUT2D eigenvalue weighted by molar-refractivity contribution is -0.402. The standard InChI is InChI=1S/C23H30N4O5/c28-23(25-24-18-21-12-13-22(32-21)27(29)30)19-8-10-20(11-9-19)31-17-7-2-1-4-14-26-15-5-3-6-16-26/h8-13,18H,1-7,14-17H2,(H,25,28). The number of piperidine rings is 1. The van der Waals surface area contributed by atoms with Gasteiger partial charge in [-0.05, 0) is 75.6 Å². The van der Waals surface area contributed by atoms with Gasteiger partial charge < -0.3 is 14.1 Å². The number of furan rings is 1. The van der Waals surface area contributed by atoms with E-state index in [0.29, 0.717) is 12.2 Å². The number of likely N-dealkylation sites (tertiary alicyclic amines) is 1. The number of hydrogen-bond acceptors (Lipinski definition) is 7. The Morgan fingerprint density at radius 1 is 1.09 bits per heavy atom. The van der Waals surface area contributed by atoms with Gasteiger partial charge in [-0.2, -0.15) is 5.10 Å². The average Bonchev–Trinajstić information content (AvgIpc) is 3.29. The van der Waals surface area contributed by atoms with Crippen LogP contribution in [0.1, 0.15) is 61.1 Å². The van der Waals surface area contributed by atoms with Gasteiger partial charge in [-0.3, -0.25) is 14.9 Å². The Morgan fingerprint density at radius 2 is 1.84 bits per heavy atom. The topological polar surface area (TPSA) is 110 Å². The number of rotatable bonds is 12. The maximum Gasteiger partial charge on any atom is 0.433 e. The fourth-order valence-corrected chi connectivity index (χ4v) is 3.60. The van der Waals surface area contributed by atoms with Crippen LogP contribution in [0.2, 0.25) is 0 Å². The first-order valence-corrected chi connectivity index (χ1v) is 11.1. The summed E-state index contributed by atoms with van der Waals surface area (Å²) in [6, 6.07) is 9.45. The SMILES string of the molecule is O=C(NN=Cc1ccc([N+](=O)[O-])o1)c1ccc(OCCCCCCN2CCCCC2)cc1. The molecule has 1 amide bonds. The maximum absolute atomic E-state index is 12.1. The zero-order valence-electron chi connectivity index (χ0n) is 18.2. The van der Waals surface area contributed by atoms with E-state index in [1.165, 1.54) is 70.1 Å². The van der Waals surface area contributed by atoms with E-state index in [9.17, 15) is 14.9 Å². The van der Waals surface area contributed by atoms with Crippen LogP contribution in [0, 0.1) is 10.1 Å². The highest BCUT2D eigenvalue weighted by molar-refractivity contribution is 5.94. The Morgan fingerprint density at radius 3 is 2.56 bits per heavy atom. The van der Waals surface area contributed by atoms with E-state index in [4.69, 9.17) is 9.15 Å². The van der Waals surface area contributed by atoms with Gasteiger partial charge in [-0.1, -0.05) is 19.3 Å². The highest BCUT2D eigenvalue weighted by Crippen LogP contribution is 2.15. The van der Waals surface area contributed by atoms with Gasteiger partial charge in [0, 0.05) is 5.56 Å². The van der Waals surface area contributed by atoms with Gasteiger partial charge in [0.05, 0.1) is 18.9 Å². The molecule has 0 unspecified atom stereocenters. The second-order valence-electron chi connectivity index (χ2n) is 7.82. The molecular weight excluding hydrogens is 412 g/mol. The van der Waals surface area contributed by atoms with E-state index in [-0.39, 0.29) is 11.6 Å². The van der Waals surface area contributed by atoms with Gasteiger partial charge in [0.15, 0.2) is 5.76 Å². The van der Waals surface area contributed by atoms with Gasteiger partial charge in [-0.15, -0.1) is 0 Å². The van der Waals surface area contributed by atoms with Crippen LogP contribution in [0.3, 0.4) is 0 Å². The molecule has 1 fully saturated rings. The Hall–Kier alpha value is -3.20. The highest BCUT2D eigenvalue weighted by Gasteiger charge is 2.11. The number of hydrazone groups is 1. The van der Waals surface area contributed by atoms with E-state index < -0.39 is 10.8 Å². The molecule has 1 saturated heterocycles. The van der Waals surface area contributed by atoms with Crippen molar-refractivity contribution in [1.29, 1.82) is 0 Å². The molecule has 1 N–H and O–H groups in total. The van der Waals surface area contributed by atoms with Crippen molar-refractivity contribution in [2.24, 2.45) is 5.10 Å². The molecule has 2 aromatic rings. The van der Waals surface area contributed by atoms with Gasteiger partial charge in [0.25, 0.3) is 5.91 Å². The number of nitro groups is 1. The largest absolute Gasteiger partial charge is 0.494 e. The van der Waals surface area contributed by atoms with E-state index >= 15 is 0 Å². The first-order chi connectivity index (χ1) is 15.6. The third kappa shape index (κ3) is 7.81. The zero-order valence-corrected chi connectivity index (χ0v) is 18.2. The molecule has 0 bridgehead atoms. The maximum atomic E-state index is 12.1. The summed E-state index contributed by atoms with van der Waals surface area (Å²) in [5, 5.41) is 14.3. The molecule has 3 rings (SSSR count). The van der Waals surface area contributed by atoms with Crippen molar-refractivity contribution in [3.05, 3.63) is 57.8 Å². The van der Waals surface area contributed by atoms with Gasteiger partial charge in [0.2, 0.25) is 0 Å². The van der Waals surface area contributed by atoms with Crippen LogP contribution in [-0.2, 0) is 0 Å². The number of benzene rings is 1. The third-order valence-corrected chi connectivity index (χ3v) is 5.35. The molecule has 0 radical (unpaired) electrons. The lowest BCUT2D eigenvalue weighted by atomic mass is 10.1. The lowest BCUT2D eigenvalue weighted by Gasteiger charge is -2.26. The van der Waals surface area contributed by atoms with Crippen molar-refractivity contribution in [1.82, 2.24) is 10.3 Å². The van der Waals surface area contributed by atoms with Crippen LogP contribution in [0.5, 0.6) is 5.75 Å². The summed E-state index contributed by atoms with van der Waals surface area (Å²) in [6.45, 7) is 4.40. The molecule has 172 valence electrons. The molecule has 1 aromatic carbocycles. The number of amides is 1. The summed E-state index contributed by atoms with van der Waals surface area (Å²) >= 11 is 0. The Bertz CT molecular complexity index is 888. The Kier molecular flexibility index (Phi) is 9.24. The van der Waals surface area contributed by atoms with Crippen LogP contribution >= 0.6 is 0 Å². The molecule has 1 aliphatic heterocycles. The molecule has 9 heteroatoms. The average molecular weight is 443 g/mol. The molecule has 9 nitrogen and oxygen atoms in total. The first-order valence-electron chi connectivity index (χ1n) is 11.1. The zero-order chi connectivity index (χ0) is 22.6. The summed E-state index contributed by atoms with van der Waals surface area (Å²) in [6.07, 6.45) is 9.93. The predicted molar refractivity (Wildman–Crippen MR) is 121 cm³/mol. The monoisotopic (exact) mass is 442 g/mol. The third-order valence-electron chi connectivity index (χ3n) is 5.35. The minimum absolute atomic E-state index is 0.173. The number of nitrogens with zero attached hydrogens (tertiary/aromatic N) is 3. The first kappa shape index (κ1) is 23.5. The molecular formula is C23H30N4O5. The van der Waals surface area contributed by atoms with Crippen molar-refractivity contribution in [3.8, 4) is 5.75 Å². The van der Waals surface area contributed by atoms with Crippen molar-refractivity contribution in [2.45, 2.75) is 44.9 Å². The number of ether oxygens (including phenoxy) is 1. The molecule has 0 aliphatic carbocycles. The summed E-state index contributed by atoms with van der Waals surface area (Å²) in [4.78, 5) is 24.6. The minimum atomic E-state index is -0.643. The van der Waals surface area contributed by atoms with Gasteiger partial charge >= 0.3 is 5.88 Å². The molecule has 2 heterocycles. The molecule has 0 spiro atoms. The fourth-order valence-electron chi connectivity index (χ4n) is 3.60. The summed E-state index contributed by atoms with van der Waals surface area (Å²) in [5.74, 6) is 0.113. The van der Waals surface area contributed by atoms with Crippen LogP contribution in [0.4, 0.5) is 5.88 Å². The molecule has 0 atom stereocenters. The van der Waals surface area contributed by atoms with Crippen molar-refractivity contribution in [2.75, 3.05) is 26.2 Å². The number of carbonyl (C=O) groups is 1. The summed E-state index contributed by atoms with van der Waals surface area (Å²) in [7, 11) is 0. The van der Waals surface area contributed by atoms with Crippen LogP contribution in [-0.4, -0.2) is 48.2 Å². The van der Waals surface area contributed by atoms with E-state index in [1.54, 1.807) is 24.3 Å².